The lowest BCUT2D eigenvalue weighted by molar-refractivity contribution is 1.03. The van der Waals surface area contributed by atoms with Crippen LogP contribution >= 0.6 is 11.6 Å². The number of rotatable bonds is 5. The first-order chi connectivity index (χ1) is 9.31. The smallest absolute Gasteiger partial charge is 0.224 e. The minimum atomic E-state index is 0.554. The van der Waals surface area contributed by atoms with Crippen molar-refractivity contribution in [3.05, 3.63) is 47.1 Å². The summed E-state index contributed by atoms with van der Waals surface area (Å²) in [7, 11) is 0. The third-order valence-electron chi connectivity index (χ3n) is 2.98. The predicted molar refractivity (Wildman–Crippen MR) is 77.5 cm³/mol. The number of hydrogen-bond donors (Lipinski definition) is 2. The maximum absolute atomic E-state index is 6.11. The van der Waals surface area contributed by atoms with E-state index in [0.29, 0.717) is 18.5 Å². The van der Waals surface area contributed by atoms with Crippen LogP contribution < -0.4 is 10.6 Å². The highest BCUT2D eigenvalue weighted by atomic mass is 35.5. The molecule has 1 saturated carbocycles. The van der Waals surface area contributed by atoms with Gasteiger partial charge in [0.05, 0.1) is 0 Å². The topological polar surface area (TPSA) is 49.8 Å². The van der Waals surface area contributed by atoms with Crippen molar-refractivity contribution < 1.29 is 0 Å². The summed E-state index contributed by atoms with van der Waals surface area (Å²) in [6, 6.07) is 10.2. The Morgan fingerprint density at radius 3 is 2.84 bits per heavy atom. The maximum atomic E-state index is 6.11. The zero-order valence-corrected chi connectivity index (χ0v) is 11.2. The minimum Gasteiger partial charge on any atom is -0.366 e. The van der Waals surface area contributed by atoms with Crippen molar-refractivity contribution in [2.75, 3.05) is 10.6 Å². The molecular weight excluding hydrogens is 260 g/mol. The number of nitrogens with zero attached hydrogens (tertiary/aromatic N) is 2. The Bertz CT molecular complexity index is 569. The van der Waals surface area contributed by atoms with E-state index in [0.717, 1.165) is 16.4 Å². The first kappa shape index (κ1) is 12.2. The second-order valence-corrected chi connectivity index (χ2v) is 5.04. The first-order valence-electron chi connectivity index (χ1n) is 6.38. The molecule has 1 heterocycles. The van der Waals surface area contributed by atoms with Crippen LogP contribution in [0, 0.1) is 0 Å². The Hall–Kier alpha value is -1.81. The molecule has 0 atom stereocenters. The SMILES string of the molecule is Clc1ccccc1CNc1ccnc(NC2CC2)n1. The van der Waals surface area contributed by atoms with Crippen molar-refractivity contribution in [1.29, 1.82) is 0 Å². The normalized spacial score (nSPS) is 14.2. The van der Waals surface area contributed by atoms with E-state index in [1.807, 2.05) is 30.3 Å². The molecule has 0 unspecified atom stereocenters. The fraction of sp³-hybridized carbons (Fsp3) is 0.286. The third kappa shape index (κ3) is 3.35. The predicted octanol–water partition coefficient (Wildman–Crippen LogP) is 3.32. The molecule has 2 N–H and O–H groups in total. The Kier molecular flexibility index (Phi) is 3.51. The van der Waals surface area contributed by atoms with Gasteiger partial charge in [-0.25, -0.2) is 4.98 Å². The van der Waals surface area contributed by atoms with Crippen LogP contribution in [0.3, 0.4) is 0 Å². The molecule has 1 fully saturated rings. The number of anilines is 2. The number of nitrogens with one attached hydrogen (secondary N) is 2. The fourth-order valence-corrected chi connectivity index (χ4v) is 1.97. The molecule has 1 aromatic heterocycles. The van der Waals surface area contributed by atoms with Crippen LogP contribution in [0.1, 0.15) is 18.4 Å². The van der Waals surface area contributed by atoms with Crippen molar-refractivity contribution in [3.63, 3.8) is 0 Å². The van der Waals surface area contributed by atoms with Crippen LogP contribution in [-0.2, 0) is 6.54 Å². The van der Waals surface area contributed by atoms with Gasteiger partial charge in [-0.3, -0.25) is 0 Å². The van der Waals surface area contributed by atoms with Crippen molar-refractivity contribution >= 4 is 23.4 Å². The van der Waals surface area contributed by atoms with Gasteiger partial charge in [0.2, 0.25) is 5.95 Å². The molecule has 0 radical (unpaired) electrons. The Balaban J connectivity index is 1.64. The van der Waals surface area contributed by atoms with Crippen LogP contribution in [0.4, 0.5) is 11.8 Å². The summed E-state index contributed by atoms with van der Waals surface area (Å²) in [4.78, 5) is 8.63. The Morgan fingerprint density at radius 1 is 1.21 bits per heavy atom. The highest BCUT2D eigenvalue weighted by Crippen LogP contribution is 2.23. The Labute approximate surface area is 117 Å². The lowest BCUT2D eigenvalue weighted by Gasteiger charge is -2.08. The van der Waals surface area contributed by atoms with Crippen LogP contribution in [-0.4, -0.2) is 16.0 Å². The van der Waals surface area contributed by atoms with E-state index in [1.54, 1.807) is 6.20 Å². The Morgan fingerprint density at radius 2 is 2.05 bits per heavy atom. The molecule has 1 aliphatic carbocycles. The number of benzene rings is 1. The van der Waals surface area contributed by atoms with E-state index in [9.17, 15) is 0 Å². The highest BCUT2D eigenvalue weighted by Gasteiger charge is 2.21. The average Bonchev–Trinajstić information content (AvgIpc) is 3.22. The van der Waals surface area contributed by atoms with Gasteiger partial charge in [0, 0.05) is 23.8 Å². The lowest BCUT2D eigenvalue weighted by Crippen LogP contribution is -2.08. The molecule has 0 saturated heterocycles. The second kappa shape index (κ2) is 5.45. The third-order valence-corrected chi connectivity index (χ3v) is 3.35. The largest absolute Gasteiger partial charge is 0.366 e. The molecule has 19 heavy (non-hydrogen) atoms. The molecule has 2 aromatic rings. The summed E-state index contributed by atoms with van der Waals surface area (Å²) >= 11 is 6.11. The van der Waals surface area contributed by atoms with Gasteiger partial charge >= 0.3 is 0 Å². The lowest BCUT2D eigenvalue weighted by atomic mass is 10.2. The molecule has 0 bridgehead atoms. The second-order valence-electron chi connectivity index (χ2n) is 4.63. The number of halogens is 1. The molecule has 1 aliphatic rings. The van der Waals surface area contributed by atoms with E-state index >= 15 is 0 Å². The standard InChI is InChI=1S/C14H15ClN4/c15-12-4-2-1-3-10(12)9-17-13-7-8-16-14(19-13)18-11-5-6-11/h1-4,7-8,11H,5-6,9H2,(H2,16,17,18,19). The van der Waals surface area contributed by atoms with Crippen LogP contribution in [0.5, 0.6) is 0 Å². The van der Waals surface area contributed by atoms with Crippen molar-refractivity contribution in [3.8, 4) is 0 Å². The average molecular weight is 275 g/mol. The van der Waals surface area contributed by atoms with Crippen molar-refractivity contribution in [2.45, 2.75) is 25.4 Å². The molecule has 1 aromatic carbocycles. The van der Waals surface area contributed by atoms with Gasteiger partial charge in [-0.15, -0.1) is 0 Å². The summed E-state index contributed by atoms with van der Waals surface area (Å²) < 4.78 is 0. The van der Waals surface area contributed by atoms with Gasteiger partial charge in [-0.05, 0) is 30.5 Å². The number of aromatic nitrogens is 2. The van der Waals surface area contributed by atoms with Crippen LogP contribution in [0.25, 0.3) is 0 Å². The molecule has 5 heteroatoms. The molecule has 0 aliphatic heterocycles. The highest BCUT2D eigenvalue weighted by molar-refractivity contribution is 6.31. The molecular formula is C14H15ClN4. The van der Waals surface area contributed by atoms with E-state index in [4.69, 9.17) is 11.6 Å². The molecule has 0 amide bonds. The fourth-order valence-electron chi connectivity index (χ4n) is 1.76. The number of hydrogen-bond acceptors (Lipinski definition) is 4. The summed E-state index contributed by atoms with van der Waals surface area (Å²) in [6.07, 6.45) is 4.17. The van der Waals surface area contributed by atoms with E-state index in [2.05, 4.69) is 20.6 Å². The molecule has 0 spiro atoms. The molecule has 3 rings (SSSR count). The van der Waals surface area contributed by atoms with Gasteiger partial charge < -0.3 is 10.6 Å². The first-order valence-corrected chi connectivity index (χ1v) is 6.76. The van der Waals surface area contributed by atoms with E-state index in [1.165, 1.54) is 12.8 Å². The summed E-state index contributed by atoms with van der Waals surface area (Å²) in [6.45, 7) is 0.652. The van der Waals surface area contributed by atoms with Crippen molar-refractivity contribution in [2.24, 2.45) is 0 Å². The van der Waals surface area contributed by atoms with Crippen molar-refractivity contribution in [1.82, 2.24) is 9.97 Å². The zero-order chi connectivity index (χ0) is 13.1. The van der Waals surface area contributed by atoms with Gasteiger partial charge in [0.1, 0.15) is 5.82 Å². The summed E-state index contributed by atoms with van der Waals surface area (Å²) in [5, 5.41) is 7.30. The maximum Gasteiger partial charge on any atom is 0.224 e. The van der Waals surface area contributed by atoms with Gasteiger partial charge in [0.25, 0.3) is 0 Å². The van der Waals surface area contributed by atoms with E-state index < -0.39 is 0 Å². The summed E-state index contributed by atoms with van der Waals surface area (Å²) in [5.74, 6) is 1.49. The van der Waals surface area contributed by atoms with Crippen LogP contribution in [0.15, 0.2) is 36.5 Å². The quantitative estimate of drug-likeness (QED) is 0.878. The van der Waals surface area contributed by atoms with Crippen LogP contribution in [0.2, 0.25) is 5.02 Å². The van der Waals surface area contributed by atoms with Gasteiger partial charge in [0.15, 0.2) is 0 Å². The zero-order valence-electron chi connectivity index (χ0n) is 10.4. The van der Waals surface area contributed by atoms with Gasteiger partial charge in [-0.1, -0.05) is 29.8 Å². The molecule has 4 nitrogen and oxygen atoms in total. The van der Waals surface area contributed by atoms with Gasteiger partial charge in [-0.2, -0.15) is 4.98 Å². The molecule has 98 valence electrons. The van der Waals surface area contributed by atoms with E-state index in [-0.39, 0.29) is 0 Å². The minimum absolute atomic E-state index is 0.554. The summed E-state index contributed by atoms with van der Waals surface area (Å²) in [5.41, 5.74) is 1.06. The monoisotopic (exact) mass is 274 g/mol.